The van der Waals surface area contributed by atoms with E-state index in [4.69, 9.17) is 13.9 Å². The smallest absolute Gasteiger partial charge is 0.265 e. The summed E-state index contributed by atoms with van der Waals surface area (Å²) in [6, 6.07) is 19.0. The average molecular weight is 489 g/mol. The van der Waals surface area contributed by atoms with Crippen molar-refractivity contribution >= 4 is 15.7 Å². The molecule has 0 unspecified atom stereocenters. The molecule has 0 amide bonds. The minimum Gasteiger partial charge on any atom is -0.495 e. The van der Waals surface area contributed by atoms with Crippen LogP contribution in [0.3, 0.4) is 0 Å². The Morgan fingerprint density at radius 1 is 1.03 bits per heavy atom. The zero-order chi connectivity index (χ0) is 24.4. The Morgan fingerprint density at radius 2 is 1.80 bits per heavy atom. The second kappa shape index (κ2) is 9.12. The highest BCUT2D eigenvalue weighted by atomic mass is 32.2. The second-order valence-corrected chi connectivity index (χ2v) is 9.47. The lowest BCUT2D eigenvalue weighted by Gasteiger charge is -2.20. The van der Waals surface area contributed by atoms with Crippen molar-refractivity contribution in [2.45, 2.75) is 17.7 Å². The minimum atomic E-state index is -4.16. The van der Waals surface area contributed by atoms with Crippen molar-refractivity contribution in [3.63, 3.8) is 0 Å². The number of rotatable bonds is 6. The van der Waals surface area contributed by atoms with Gasteiger partial charge in [0.1, 0.15) is 22.5 Å². The standard InChI is InChI=1S/C25H20N4O5S/c1-32-21-10-9-18(25-28-27-24(34-25)16-6-3-2-4-7-16)13-23(21)35(30,31)29-20-14-22-17(8-5-11-33-22)12-19(20)15-26/h2-4,6-7,9-10,12-14,29H,5,8,11H2,1H3. The van der Waals surface area contributed by atoms with E-state index in [-0.39, 0.29) is 27.8 Å². The Morgan fingerprint density at radius 3 is 2.54 bits per heavy atom. The number of aromatic nitrogens is 2. The van der Waals surface area contributed by atoms with E-state index in [2.05, 4.69) is 21.0 Å². The number of nitrogens with one attached hydrogen (secondary N) is 1. The molecule has 0 fully saturated rings. The number of ether oxygens (including phenoxy) is 2. The number of nitriles is 1. The van der Waals surface area contributed by atoms with Gasteiger partial charge in [-0.2, -0.15) is 5.26 Å². The van der Waals surface area contributed by atoms with E-state index in [0.717, 1.165) is 24.0 Å². The lowest BCUT2D eigenvalue weighted by Crippen LogP contribution is -2.16. The molecule has 35 heavy (non-hydrogen) atoms. The molecule has 5 rings (SSSR count). The maximum atomic E-state index is 13.4. The Hall–Kier alpha value is -4.36. The molecule has 9 nitrogen and oxygen atoms in total. The molecular formula is C25H20N4O5S. The largest absolute Gasteiger partial charge is 0.495 e. The fourth-order valence-corrected chi connectivity index (χ4v) is 5.10. The van der Waals surface area contributed by atoms with E-state index in [1.165, 1.54) is 19.2 Å². The number of anilines is 1. The summed E-state index contributed by atoms with van der Waals surface area (Å²) >= 11 is 0. The Balaban J connectivity index is 1.52. The van der Waals surface area contributed by atoms with Crippen LogP contribution in [-0.4, -0.2) is 32.3 Å². The van der Waals surface area contributed by atoms with Crippen LogP contribution in [0.25, 0.3) is 22.9 Å². The van der Waals surface area contributed by atoms with Crippen molar-refractivity contribution in [3.05, 3.63) is 71.8 Å². The molecule has 0 saturated carbocycles. The van der Waals surface area contributed by atoms with Gasteiger partial charge in [0.05, 0.1) is 25.0 Å². The molecule has 0 radical (unpaired) electrons. The molecule has 1 aliphatic rings. The Bertz CT molecular complexity index is 1540. The molecule has 0 bridgehead atoms. The lowest BCUT2D eigenvalue weighted by atomic mass is 10.0. The molecule has 1 aromatic heterocycles. The van der Waals surface area contributed by atoms with Crippen molar-refractivity contribution in [2.24, 2.45) is 0 Å². The van der Waals surface area contributed by atoms with Crippen LogP contribution >= 0.6 is 0 Å². The molecule has 4 aromatic rings. The van der Waals surface area contributed by atoms with Gasteiger partial charge in [0.15, 0.2) is 0 Å². The van der Waals surface area contributed by atoms with Gasteiger partial charge in [0.2, 0.25) is 11.8 Å². The van der Waals surface area contributed by atoms with Gasteiger partial charge < -0.3 is 13.9 Å². The van der Waals surface area contributed by atoms with Gasteiger partial charge in [-0.15, -0.1) is 10.2 Å². The van der Waals surface area contributed by atoms with Crippen LogP contribution in [0.4, 0.5) is 5.69 Å². The first-order valence-electron chi connectivity index (χ1n) is 10.8. The topological polar surface area (TPSA) is 127 Å². The summed E-state index contributed by atoms with van der Waals surface area (Å²) in [4.78, 5) is -0.139. The second-order valence-electron chi connectivity index (χ2n) is 7.82. The SMILES string of the molecule is COc1ccc(-c2nnc(-c3ccccc3)o2)cc1S(=O)(=O)Nc1cc2c(cc1C#N)CCCO2. The summed E-state index contributed by atoms with van der Waals surface area (Å²) in [5.74, 6) is 1.15. The van der Waals surface area contributed by atoms with E-state index in [1.807, 2.05) is 30.3 Å². The summed E-state index contributed by atoms with van der Waals surface area (Å²) in [6.45, 7) is 0.538. The van der Waals surface area contributed by atoms with Gasteiger partial charge in [-0.25, -0.2) is 8.42 Å². The van der Waals surface area contributed by atoms with Gasteiger partial charge in [0, 0.05) is 17.2 Å². The number of aryl methyl sites for hydroxylation is 1. The van der Waals surface area contributed by atoms with E-state index in [9.17, 15) is 13.7 Å². The van der Waals surface area contributed by atoms with Crippen LogP contribution in [0.15, 0.2) is 70.0 Å². The van der Waals surface area contributed by atoms with Crippen LogP contribution in [0.5, 0.6) is 11.5 Å². The van der Waals surface area contributed by atoms with Crippen molar-refractivity contribution in [2.75, 3.05) is 18.4 Å². The van der Waals surface area contributed by atoms with Crippen LogP contribution in [-0.2, 0) is 16.4 Å². The number of fused-ring (bicyclic) bond motifs is 1. The first kappa shape index (κ1) is 22.4. The summed E-state index contributed by atoms with van der Waals surface area (Å²) in [7, 11) is -2.79. The molecule has 1 aliphatic heterocycles. The highest BCUT2D eigenvalue weighted by molar-refractivity contribution is 7.92. The summed E-state index contributed by atoms with van der Waals surface area (Å²) in [5.41, 5.74) is 2.35. The predicted octanol–water partition coefficient (Wildman–Crippen LogP) is 4.41. The third kappa shape index (κ3) is 4.41. The molecule has 0 saturated heterocycles. The van der Waals surface area contributed by atoms with Crippen LogP contribution in [0.1, 0.15) is 17.5 Å². The average Bonchev–Trinajstić information content (AvgIpc) is 3.38. The summed E-state index contributed by atoms with van der Waals surface area (Å²) in [5, 5.41) is 17.7. The molecule has 0 spiro atoms. The normalized spacial score (nSPS) is 12.8. The molecule has 2 heterocycles. The summed E-state index contributed by atoms with van der Waals surface area (Å²) in [6.07, 6.45) is 1.61. The Labute approximate surface area is 202 Å². The third-order valence-electron chi connectivity index (χ3n) is 5.56. The maximum Gasteiger partial charge on any atom is 0.265 e. The fourth-order valence-electron chi connectivity index (χ4n) is 3.83. The van der Waals surface area contributed by atoms with Crippen molar-refractivity contribution in [1.82, 2.24) is 10.2 Å². The zero-order valence-electron chi connectivity index (χ0n) is 18.7. The first-order valence-corrected chi connectivity index (χ1v) is 12.3. The summed E-state index contributed by atoms with van der Waals surface area (Å²) < 4.78 is 46.1. The minimum absolute atomic E-state index is 0.122. The van der Waals surface area contributed by atoms with Gasteiger partial charge in [0.25, 0.3) is 10.0 Å². The molecule has 0 aliphatic carbocycles. The van der Waals surface area contributed by atoms with Crippen molar-refractivity contribution < 1.29 is 22.3 Å². The first-order chi connectivity index (χ1) is 17.0. The highest BCUT2D eigenvalue weighted by Crippen LogP contribution is 2.35. The van der Waals surface area contributed by atoms with E-state index < -0.39 is 10.0 Å². The van der Waals surface area contributed by atoms with Crippen LogP contribution < -0.4 is 14.2 Å². The highest BCUT2D eigenvalue weighted by Gasteiger charge is 2.25. The van der Waals surface area contributed by atoms with Crippen LogP contribution in [0, 0.1) is 11.3 Å². The molecule has 176 valence electrons. The predicted molar refractivity (Wildman–Crippen MR) is 128 cm³/mol. The van der Waals surface area contributed by atoms with Crippen molar-refractivity contribution in [3.8, 4) is 40.5 Å². The molecular weight excluding hydrogens is 468 g/mol. The lowest BCUT2D eigenvalue weighted by molar-refractivity contribution is 0.288. The number of hydrogen-bond donors (Lipinski definition) is 1. The van der Waals surface area contributed by atoms with Gasteiger partial charge in [-0.1, -0.05) is 18.2 Å². The van der Waals surface area contributed by atoms with E-state index in [0.29, 0.717) is 23.8 Å². The third-order valence-corrected chi connectivity index (χ3v) is 6.95. The monoisotopic (exact) mass is 488 g/mol. The number of benzene rings is 3. The van der Waals surface area contributed by atoms with E-state index in [1.54, 1.807) is 18.2 Å². The Kier molecular flexibility index (Phi) is 5.84. The van der Waals surface area contributed by atoms with Gasteiger partial charge >= 0.3 is 0 Å². The zero-order valence-corrected chi connectivity index (χ0v) is 19.5. The number of methoxy groups -OCH3 is 1. The number of nitrogens with zero attached hydrogens (tertiary/aromatic N) is 3. The quantitative estimate of drug-likeness (QED) is 0.423. The van der Waals surface area contributed by atoms with Gasteiger partial charge in [-0.05, 0) is 54.8 Å². The molecule has 3 aromatic carbocycles. The number of hydrogen-bond acceptors (Lipinski definition) is 8. The number of sulfonamides is 1. The molecule has 1 N–H and O–H groups in total. The van der Waals surface area contributed by atoms with E-state index >= 15 is 0 Å². The van der Waals surface area contributed by atoms with Crippen LogP contribution in [0.2, 0.25) is 0 Å². The van der Waals surface area contributed by atoms with Crippen molar-refractivity contribution in [1.29, 1.82) is 5.26 Å². The molecule has 10 heteroatoms. The molecule has 0 atom stereocenters. The van der Waals surface area contributed by atoms with Gasteiger partial charge in [-0.3, -0.25) is 4.72 Å². The fraction of sp³-hybridized carbons (Fsp3) is 0.160. The maximum absolute atomic E-state index is 13.4.